The molecule has 0 unspecified atom stereocenters. The van der Waals surface area contributed by atoms with Crippen molar-refractivity contribution in [2.75, 3.05) is 10.7 Å². The Labute approximate surface area is 118 Å². The third-order valence-corrected chi connectivity index (χ3v) is 2.84. The van der Waals surface area contributed by atoms with Gasteiger partial charge >= 0.3 is 0 Å². The van der Waals surface area contributed by atoms with Crippen molar-refractivity contribution >= 4 is 33.4 Å². The summed E-state index contributed by atoms with van der Waals surface area (Å²) in [7, 11) is 0. The maximum Gasteiger partial charge on any atom is 0.239 e. The Bertz CT molecular complexity index is 649. The number of rotatable bonds is 3. The second-order valence-electron chi connectivity index (χ2n) is 3.79. The monoisotopic (exact) mass is 318 g/mol. The average molecular weight is 319 g/mol. The number of aryl methyl sites for hydroxylation is 1. The van der Waals surface area contributed by atoms with Crippen LogP contribution in [0.3, 0.4) is 0 Å². The molecule has 19 heavy (non-hydrogen) atoms. The Morgan fingerprint density at radius 3 is 2.79 bits per heavy atom. The lowest BCUT2D eigenvalue weighted by molar-refractivity contribution is 1.07. The zero-order chi connectivity index (χ0) is 13.8. The maximum absolute atomic E-state index is 9.10. The Hall–Kier alpha value is -2.17. The summed E-state index contributed by atoms with van der Waals surface area (Å²) in [6.07, 6.45) is 0. The first kappa shape index (κ1) is 13.3. The minimum absolute atomic E-state index is 0.318. The van der Waals surface area contributed by atoms with Crippen LogP contribution in [0.1, 0.15) is 11.3 Å². The first-order chi connectivity index (χ1) is 9.12. The fourth-order valence-corrected chi connectivity index (χ4v) is 1.91. The predicted octanol–water partition coefficient (Wildman–Crippen LogP) is 2.45. The fraction of sp³-hybridized carbons (Fsp3) is 0.0833. The molecule has 0 aliphatic carbocycles. The van der Waals surface area contributed by atoms with Gasteiger partial charge in [-0.2, -0.15) is 10.2 Å². The number of halogens is 1. The highest BCUT2D eigenvalue weighted by molar-refractivity contribution is 9.10. The molecule has 0 amide bonds. The van der Waals surface area contributed by atoms with Crippen molar-refractivity contribution in [1.29, 1.82) is 5.26 Å². The van der Waals surface area contributed by atoms with E-state index in [-0.39, 0.29) is 0 Å². The van der Waals surface area contributed by atoms with Crippen LogP contribution in [0, 0.1) is 18.3 Å². The normalized spacial score (nSPS) is 9.79. The third kappa shape index (κ3) is 3.19. The molecule has 7 heteroatoms. The van der Waals surface area contributed by atoms with Crippen LogP contribution in [-0.4, -0.2) is 9.97 Å². The van der Waals surface area contributed by atoms with Crippen LogP contribution < -0.4 is 16.6 Å². The van der Waals surface area contributed by atoms with E-state index < -0.39 is 0 Å². The summed E-state index contributed by atoms with van der Waals surface area (Å²) in [5.74, 6) is 6.18. The van der Waals surface area contributed by atoms with Gasteiger partial charge in [-0.05, 0) is 25.1 Å². The summed E-state index contributed by atoms with van der Waals surface area (Å²) >= 11 is 3.33. The standard InChI is InChI=1S/C12H11BrN6/c1-7-4-11(18-12(16-7)19-15)17-10-3-2-9(13)5-8(10)6-14/h2-5H,15H2,1H3,(H2,16,17,18,19). The predicted molar refractivity (Wildman–Crippen MR) is 76.7 cm³/mol. The highest BCUT2D eigenvalue weighted by atomic mass is 79.9. The first-order valence-corrected chi connectivity index (χ1v) is 6.20. The van der Waals surface area contributed by atoms with E-state index in [0.717, 1.165) is 10.2 Å². The molecule has 6 nitrogen and oxygen atoms in total. The number of hydrogen-bond donors (Lipinski definition) is 3. The van der Waals surface area contributed by atoms with Gasteiger partial charge in [0.15, 0.2) is 0 Å². The number of nitrogens with two attached hydrogens (primary N) is 1. The zero-order valence-electron chi connectivity index (χ0n) is 10.1. The quantitative estimate of drug-likeness (QED) is 0.593. The van der Waals surface area contributed by atoms with E-state index in [4.69, 9.17) is 11.1 Å². The fourth-order valence-electron chi connectivity index (χ4n) is 1.55. The molecule has 2 aromatic rings. The molecular weight excluding hydrogens is 308 g/mol. The molecule has 2 rings (SSSR count). The molecule has 0 aliphatic heterocycles. The molecule has 1 heterocycles. The van der Waals surface area contributed by atoms with E-state index in [1.165, 1.54) is 0 Å². The van der Waals surface area contributed by atoms with Gasteiger partial charge in [0, 0.05) is 16.2 Å². The van der Waals surface area contributed by atoms with Crippen molar-refractivity contribution in [3.05, 3.63) is 40.0 Å². The third-order valence-electron chi connectivity index (χ3n) is 2.35. The highest BCUT2D eigenvalue weighted by Gasteiger charge is 2.06. The van der Waals surface area contributed by atoms with Crippen LogP contribution in [0.15, 0.2) is 28.7 Å². The lowest BCUT2D eigenvalue weighted by Crippen LogP contribution is -2.12. The highest BCUT2D eigenvalue weighted by Crippen LogP contribution is 2.23. The lowest BCUT2D eigenvalue weighted by Gasteiger charge is -2.09. The number of anilines is 3. The molecule has 0 spiro atoms. The summed E-state index contributed by atoms with van der Waals surface area (Å²) in [5.41, 5.74) is 4.36. The summed E-state index contributed by atoms with van der Waals surface area (Å²) in [6.45, 7) is 1.83. The van der Waals surface area contributed by atoms with Gasteiger partial charge in [-0.1, -0.05) is 15.9 Å². The SMILES string of the molecule is Cc1cc(Nc2ccc(Br)cc2C#N)nc(NN)n1. The van der Waals surface area contributed by atoms with Crippen LogP contribution in [0.25, 0.3) is 0 Å². The topological polar surface area (TPSA) is 99.7 Å². The maximum atomic E-state index is 9.10. The molecular formula is C12H11BrN6. The van der Waals surface area contributed by atoms with E-state index in [9.17, 15) is 0 Å². The van der Waals surface area contributed by atoms with Crippen molar-refractivity contribution in [2.24, 2.45) is 5.84 Å². The largest absolute Gasteiger partial charge is 0.339 e. The second-order valence-corrected chi connectivity index (χ2v) is 4.70. The Morgan fingerprint density at radius 2 is 2.11 bits per heavy atom. The number of nitrogens with zero attached hydrogens (tertiary/aromatic N) is 3. The Morgan fingerprint density at radius 1 is 1.32 bits per heavy atom. The molecule has 96 valence electrons. The van der Waals surface area contributed by atoms with Gasteiger partial charge in [-0.15, -0.1) is 0 Å². The molecule has 1 aromatic heterocycles. The average Bonchev–Trinajstić information content (AvgIpc) is 2.40. The van der Waals surface area contributed by atoms with Crippen molar-refractivity contribution in [1.82, 2.24) is 9.97 Å². The zero-order valence-corrected chi connectivity index (χ0v) is 11.7. The number of nitriles is 1. The van der Waals surface area contributed by atoms with Crippen LogP contribution in [0.4, 0.5) is 17.5 Å². The van der Waals surface area contributed by atoms with E-state index in [0.29, 0.717) is 23.0 Å². The molecule has 1 aromatic carbocycles. The molecule has 0 aliphatic rings. The molecule has 0 radical (unpaired) electrons. The summed E-state index contributed by atoms with van der Waals surface area (Å²) in [6, 6.07) is 9.27. The van der Waals surface area contributed by atoms with Gasteiger partial charge in [0.25, 0.3) is 0 Å². The van der Waals surface area contributed by atoms with Crippen LogP contribution >= 0.6 is 15.9 Å². The minimum atomic E-state index is 0.318. The first-order valence-electron chi connectivity index (χ1n) is 5.41. The number of hydrazine groups is 1. The molecule has 0 fully saturated rings. The minimum Gasteiger partial charge on any atom is -0.339 e. The van der Waals surface area contributed by atoms with Crippen molar-refractivity contribution in [2.45, 2.75) is 6.92 Å². The van der Waals surface area contributed by atoms with Crippen LogP contribution in [0.5, 0.6) is 0 Å². The second kappa shape index (κ2) is 5.65. The van der Waals surface area contributed by atoms with E-state index in [1.54, 1.807) is 18.2 Å². The van der Waals surface area contributed by atoms with E-state index >= 15 is 0 Å². The number of aromatic nitrogens is 2. The Balaban J connectivity index is 2.36. The summed E-state index contributed by atoms with van der Waals surface area (Å²) < 4.78 is 0.845. The molecule has 0 atom stereocenters. The molecule has 0 bridgehead atoms. The van der Waals surface area contributed by atoms with E-state index in [1.807, 2.05) is 13.0 Å². The van der Waals surface area contributed by atoms with Crippen LogP contribution in [-0.2, 0) is 0 Å². The van der Waals surface area contributed by atoms with Gasteiger partial charge in [0.1, 0.15) is 11.9 Å². The molecule has 0 saturated heterocycles. The molecule has 4 N–H and O–H groups in total. The van der Waals surface area contributed by atoms with Crippen molar-refractivity contribution in [3.63, 3.8) is 0 Å². The molecule has 0 saturated carbocycles. The van der Waals surface area contributed by atoms with Gasteiger partial charge in [0.2, 0.25) is 5.95 Å². The van der Waals surface area contributed by atoms with Gasteiger partial charge in [-0.25, -0.2) is 10.8 Å². The lowest BCUT2D eigenvalue weighted by atomic mass is 10.2. The number of nitrogens with one attached hydrogen (secondary N) is 2. The number of hydrogen-bond acceptors (Lipinski definition) is 6. The summed E-state index contributed by atoms with van der Waals surface area (Å²) in [5, 5.41) is 12.2. The van der Waals surface area contributed by atoms with Gasteiger partial charge in [0.05, 0.1) is 11.3 Å². The summed E-state index contributed by atoms with van der Waals surface area (Å²) in [4.78, 5) is 8.26. The number of benzene rings is 1. The van der Waals surface area contributed by atoms with Gasteiger partial charge in [-0.3, -0.25) is 5.43 Å². The van der Waals surface area contributed by atoms with E-state index in [2.05, 4.69) is 42.7 Å². The number of nitrogen functional groups attached to an aromatic ring is 1. The van der Waals surface area contributed by atoms with Crippen molar-refractivity contribution in [3.8, 4) is 6.07 Å². The smallest absolute Gasteiger partial charge is 0.239 e. The van der Waals surface area contributed by atoms with Crippen LogP contribution in [0.2, 0.25) is 0 Å². The van der Waals surface area contributed by atoms with Crippen molar-refractivity contribution < 1.29 is 0 Å². The van der Waals surface area contributed by atoms with Gasteiger partial charge < -0.3 is 5.32 Å². The Kier molecular flexibility index (Phi) is 3.94.